The topological polar surface area (TPSA) is 41.6 Å². The Morgan fingerprint density at radius 1 is 1.00 bits per heavy atom. The van der Waals surface area contributed by atoms with Crippen molar-refractivity contribution in [1.82, 2.24) is 10.2 Å². The highest BCUT2D eigenvalue weighted by atomic mass is 16.5. The molecule has 2 heterocycles. The normalized spacial score (nSPS) is 25.2. The molecule has 2 aliphatic rings. The van der Waals surface area contributed by atoms with Crippen LogP contribution in [0.15, 0.2) is 54.6 Å². The molecule has 24 heavy (non-hydrogen) atoms. The third-order valence-electron chi connectivity index (χ3n) is 4.90. The highest BCUT2D eigenvalue weighted by Gasteiger charge is 2.32. The van der Waals surface area contributed by atoms with Gasteiger partial charge in [0, 0.05) is 24.7 Å². The fourth-order valence-electron chi connectivity index (χ4n) is 3.73. The van der Waals surface area contributed by atoms with E-state index in [9.17, 15) is 4.79 Å². The Balaban J connectivity index is 1.36. The van der Waals surface area contributed by atoms with Crippen molar-refractivity contribution in [2.75, 3.05) is 19.6 Å². The zero-order chi connectivity index (χ0) is 16.4. The molecule has 1 N–H and O–H groups in total. The first-order valence-corrected chi connectivity index (χ1v) is 8.62. The van der Waals surface area contributed by atoms with Crippen LogP contribution in [0, 0.1) is 5.92 Å². The molecule has 3 atom stereocenters. The molecule has 2 bridgehead atoms. The van der Waals surface area contributed by atoms with Crippen LogP contribution in [-0.4, -0.2) is 36.5 Å². The van der Waals surface area contributed by atoms with E-state index in [1.54, 1.807) is 0 Å². The lowest BCUT2D eigenvalue weighted by Gasteiger charge is -2.30. The molecule has 2 aliphatic heterocycles. The second-order valence-corrected chi connectivity index (χ2v) is 6.76. The van der Waals surface area contributed by atoms with Crippen LogP contribution in [0.4, 0.5) is 0 Å². The van der Waals surface area contributed by atoms with Gasteiger partial charge in [0.25, 0.3) is 5.91 Å². The van der Waals surface area contributed by atoms with Crippen molar-refractivity contribution in [2.24, 2.45) is 5.92 Å². The lowest BCUT2D eigenvalue weighted by Crippen LogP contribution is -2.46. The molecule has 0 radical (unpaired) electrons. The second kappa shape index (κ2) is 6.65. The molecular weight excluding hydrogens is 300 g/mol. The summed E-state index contributed by atoms with van der Waals surface area (Å²) in [6.07, 6.45) is 2.38. The third kappa shape index (κ3) is 3.44. The van der Waals surface area contributed by atoms with Gasteiger partial charge >= 0.3 is 0 Å². The number of hydrogen-bond acceptors (Lipinski definition) is 3. The SMILES string of the molecule is O=C(NC1CC2CCN(C2)C1)c1ccc(Oc2ccccc2)cc1. The van der Waals surface area contributed by atoms with E-state index in [1.807, 2.05) is 54.6 Å². The maximum Gasteiger partial charge on any atom is 0.251 e. The summed E-state index contributed by atoms with van der Waals surface area (Å²) >= 11 is 0. The fourth-order valence-corrected chi connectivity index (χ4v) is 3.73. The van der Waals surface area contributed by atoms with Gasteiger partial charge in [0.15, 0.2) is 0 Å². The summed E-state index contributed by atoms with van der Waals surface area (Å²) < 4.78 is 5.76. The van der Waals surface area contributed by atoms with Crippen molar-refractivity contribution < 1.29 is 9.53 Å². The number of amides is 1. The van der Waals surface area contributed by atoms with Crippen LogP contribution in [0.3, 0.4) is 0 Å². The number of carbonyl (C=O) groups excluding carboxylic acids is 1. The third-order valence-corrected chi connectivity index (χ3v) is 4.90. The van der Waals surface area contributed by atoms with Gasteiger partial charge in [0.2, 0.25) is 0 Å². The monoisotopic (exact) mass is 322 g/mol. The van der Waals surface area contributed by atoms with Crippen LogP contribution in [0.25, 0.3) is 0 Å². The van der Waals surface area contributed by atoms with Crippen molar-refractivity contribution in [3.05, 3.63) is 60.2 Å². The average Bonchev–Trinajstić information content (AvgIpc) is 2.95. The predicted octanol–water partition coefficient (Wildman–Crippen LogP) is 3.30. The van der Waals surface area contributed by atoms with E-state index in [2.05, 4.69) is 10.2 Å². The molecule has 2 aromatic rings. The summed E-state index contributed by atoms with van der Waals surface area (Å²) in [6, 6.07) is 17.3. The summed E-state index contributed by atoms with van der Waals surface area (Å²) in [4.78, 5) is 14.9. The van der Waals surface area contributed by atoms with Gasteiger partial charge in [-0.25, -0.2) is 0 Å². The maximum atomic E-state index is 12.4. The van der Waals surface area contributed by atoms with E-state index < -0.39 is 0 Å². The first kappa shape index (κ1) is 15.2. The van der Waals surface area contributed by atoms with Gasteiger partial charge in [-0.3, -0.25) is 4.79 Å². The van der Waals surface area contributed by atoms with Gasteiger partial charge in [-0.15, -0.1) is 0 Å². The number of para-hydroxylation sites is 1. The number of nitrogens with one attached hydrogen (secondary N) is 1. The highest BCUT2D eigenvalue weighted by molar-refractivity contribution is 5.94. The highest BCUT2D eigenvalue weighted by Crippen LogP contribution is 2.27. The number of fused-ring (bicyclic) bond motifs is 2. The van der Waals surface area contributed by atoms with Crippen LogP contribution >= 0.6 is 0 Å². The quantitative estimate of drug-likeness (QED) is 0.939. The second-order valence-electron chi connectivity index (χ2n) is 6.76. The minimum absolute atomic E-state index is 0.00811. The van der Waals surface area contributed by atoms with E-state index >= 15 is 0 Å². The lowest BCUT2D eigenvalue weighted by molar-refractivity contribution is 0.0909. The molecule has 2 saturated heterocycles. The molecule has 1 amide bonds. The van der Waals surface area contributed by atoms with Gasteiger partial charge < -0.3 is 15.0 Å². The first-order chi connectivity index (χ1) is 11.8. The van der Waals surface area contributed by atoms with Gasteiger partial charge in [-0.05, 0) is 61.7 Å². The van der Waals surface area contributed by atoms with Crippen molar-refractivity contribution in [1.29, 1.82) is 0 Å². The van der Waals surface area contributed by atoms with E-state index in [-0.39, 0.29) is 11.9 Å². The van der Waals surface area contributed by atoms with Gasteiger partial charge in [0.1, 0.15) is 11.5 Å². The molecule has 3 unspecified atom stereocenters. The van der Waals surface area contributed by atoms with Crippen molar-refractivity contribution in [2.45, 2.75) is 18.9 Å². The average molecular weight is 322 g/mol. The van der Waals surface area contributed by atoms with Crippen LogP contribution < -0.4 is 10.1 Å². The summed E-state index contributed by atoms with van der Waals surface area (Å²) in [7, 11) is 0. The molecule has 0 saturated carbocycles. The Hall–Kier alpha value is -2.33. The number of hydrogen-bond donors (Lipinski definition) is 1. The number of piperidine rings is 1. The molecular formula is C20H22N2O2. The molecule has 2 aromatic carbocycles. The van der Waals surface area contributed by atoms with Crippen LogP contribution in [-0.2, 0) is 0 Å². The number of benzene rings is 2. The predicted molar refractivity (Wildman–Crippen MR) is 93.4 cm³/mol. The molecule has 0 aromatic heterocycles. The standard InChI is InChI=1S/C20H22N2O2/c23-20(21-17-12-15-10-11-22(13-15)14-17)16-6-8-19(9-7-16)24-18-4-2-1-3-5-18/h1-9,15,17H,10-14H2,(H,21,23). The van der Waals surface area contributed by atoms with Gasteiger partial charge in [-0.1, -0.05) is 18.2 Å². The number of rotatable bonds is 4. The zero-order valence-corrected chi connectivity index (χ0v) is 13.7. The minimum Gasteiger partial charge on any atom is -0.457 e. The molecule has 4 rings (SSSR count). The molecule has 0 aliphatic carbocycles. The Bertz CT molecular complexity index is 687. The van der Waals surface area contributed by atoms with E-state index in [0.29, 0.717) is 5.56 Å². The Morgan fingerprint density at radius 2 is 1.75 bits per heavy atom. The summed E-state index contributed by atoms with van der Waals surface area (Å²) in [6.45, 7) is 3.37. The Kier molecular flexibility index (Phi) is 4.22. The van der Waals surface area contributed by atoms with E-state index in [4.69, 9.17) is 4.74 Å². The number of carbonyl (C=O) groups is 1. The van der Waals surface area contributed by atoms with Crippen LogP contribution in [0.2, 0.25) is 0 Å². The maximum absolute atomic E-state index is 12.4. The van der Waals surface area contributed by atoms with Crippen molar-refractivity contribution in [3.8, 4) is 11.5 Å². The minimum atomic E-state index is 0.00811. The zero-order valence-electron chi connectivity index (χ0n) is 13.7. The Labute approximate surface area is 142 Å². The smallest absolute Gasteiger partial charge is 0.251 e. The first-order valence-electron chi connectivity index (χ1n) is 8.62. The Morgan fingerprint density at radius 3 is 2.50 bits per heavy atom. The summed E-state index contributed by atoms with van der Waals surface area (Å²) in [5.41, 5.74) is 0.684. The number of ether oxygens (including phenoxy) is 1. The molecule has 4 heteroatoms. The van der Waals surface area contributed by atoms with Crippen molar-refractivity contribution >= 4 is 5.91 Å². The summed E-state index contributed by atoms with van der Waals surface area (Å²) in [5, 5.41) is 3.18. The summed E-state index contributed by atoms with van der Waals surface area (Å²) in [5.74, 6) is 2.29. The molecule has 2 fully saturated rings. The molecule has 124 valence electrons. The van der Waals surface area contributed by atoms with Crippen molar-refractivity contribution in [3.63, 3.8) is 0 Å². The van der Waals surface area contributed by atoms with Gasteiger partial charge in [-0.2, -0.15) is 0 Å². The van der Waals surface area contributed by atoms with Crippen LogP contribution in [0.1, 0.15) is 23.2 Å². The fraction of sp³-hybridized carbons (Fsp3) is 0.350. The molecule has 0 spiro atoms. The largest absolute Gasteiger partial charge is 0.457 e. The van der Waals surface area contributed by atoms with Gasteiger partial charge in [0.05, 0.1) is 0 Å². The van der Waals surface area contributed by atoms with Crippen LogP contribution in [0.5, 0.6) is 11.5 Å². The number of nitrogens with zero attached hydrogens (tertiary/aromatic N) is 1. The molecule has 4 nitrogen and oxygen atoms in total. The lowest BCUT2D eigenvalue weighted by atomic mass is 9.96. The van der Waals surface area contributed by atoms with E-state index in [1.165, 1.54) is 19.5 Å². The van der Waals surface area contributed by atoms with E-state index in [0.717, 1.165) is 30.4 Å².